The van der Waals surface area contributed by atoms with Crippen LogP contribution in [-0.4, -0.2) is 94.6 Å². The van der Waals surface area contributed by atoms with Crippen LogP contribution in [0.15, 0.2) is 0 Å². The Morgan fingerprint density at radius 2 is 1.29 bits per heavy atom. The Labute approximate surface area is 142 Å². The number of carbonyl (C=O) groups is 3. The second kappa shape index (κ2) is 13.6. The molecule has 0 fully saturated rings. The summed E-state index contributed by atoms with van der Waals surface area (Å²) in [6.07, 6.45) is -0.596. The number of hydrogen-bond acceptors (Lipinski definition) is 7. The first kappa shape index (κ1) is 22.1. The lowest BCUT2D eigenvalue weighted by Crippen LogP contribution is -2.45. The van der Waals surface area contributed by atoms with E-state index in [1.54, 1.807) is 13.8 Å². The van der Waals surface area contributed by atoms with Crippen LogP contribution in [0.25, 0.3) is 0 Å². The van der Waals surface area contributed by atoms with E-state index in [9.17, 15) is 14.4 Å². The molecule has 0 heterocycles. The Morgan fingerprint density at radius 3 is 1.79 bits per heavy atom. The third-order valence-corrected chi connectivity index (χ3v) is 3.08. The van der Waals surface area contributed by atoms with Crippen molar-refractivity contribution in [2.75, 3.05) is 66.8 Å². The third-order valence-electron chi connectivity index (χ3n) is 3.08. The van der Waals surface area contributed by atoms with E-state index in [2.05, 4.69) is 0 Å². The van der Waals surface area contributed by atoms with Crippen molar-refractivity contribution in [1.82, 2.24) is 9.80 Å². The zero-order chi connectivity index (χ0) is 18.4. The molecule has 0 N–H and O–H groups in total. The maximum atomic E-state index is 12.3. The van der Waals surface area contributed by atoms with Gasteiger partial charge in [0.25, 0.3) is 0 Å². The summed E-state index contributed by atoms with van der Waals surface area (Å²) in [5.74, 6) is -0.875. The van der Waals surface area contributed by atoms with Gasteiger partial charge in [0.1, 0.15) is 26.3 Å². The van der Waals surface area contributed by atoms with Gasteiger partial charge in [0.05, 0.1) is 13.2 Å². The quantitative estimate of drug-likeness (QED) is 0.365. The summed E-state index contributed by atoms with van der Waals surface area (Å²) in [5, 5.41) is 0. The Morgan fingerprint density at radius 1 is 0.750 bits per heavy atom. The van der Waals surface area contributed by atoms with Crippen molar-refractivity contribution < 1.29 is 33.3 Å². The highest BCUT2D eigenvalue weighted by molar-refractivity contribution is 5.85. The molecule has 0 saturated heterocycles. The first-order valence-corrected chi connectivity index (χ1v) is 7.83. The van der Waals surface area contributed by atoms with Crippen LogP contribution in [0.2, 0.25) is 0 Å². The summed E-state index contributed by atoms with van der Waals surface area (Å²) in [5.41, 5.74) is 0. The molecule has 2 amide bonds. The van der Waals surface area contributed by atoms with Crippen LogP contribution in [0.5, 0.6) is 0 Å². The van der Waals surface area contributed by atoms with Crippen molar-refractivity contribution >= 4 is 18.0 Å². The molecule has 0 aliphatic heterocycles. The predicted octanol–water partition coefficient (Wildman–Crippen LogP) is 0.129. The zero-order valence-corrected chi connectivity index (χ0v) is 14.9. The van der Waals surface area contributed by atoms with Gasteiger partial charge in [-0.15, -0.1) is 0 Å². The van der Waals surface area contributed by atoms with Gasteiger partial charge in [-0.05, 0) is 13.8 Å². The zero-order valence-electron chi connectivity index (χ0n) is 14.9. The monoisotopic (exact) mass is 348 g/mol. The Balaban J connectivity index is 4.43. The van der Waals surface area contributed by atoms with E-state index < -0.39 is 12.1 Å². The fourth-order valence-electron chi connectivity index (χ4n) is 1.69. The average molecular weight is 348 g/mol. The smallest absolute Gasteiger partial charge is 0.410 e. The molecular formula is C15H28N2O7. The van der Waals surface area contributed by atoms with E-state index in [4.69, 9.17) is 18.9 Å². The minimum absolute atomic E-state index is 0.114. The van der Waals surface area contributed by atoms with Crippen LogP contribution in [-0.2, 0) is 28.5 Å². The van der Waals surface area contributed by atoms with Gasteiger partial charge in [0.2, 0.25) is 5.91 Å². The summed E-state index contributed by atoms with van der Waals surface area (Å²) in [4.78, 5) is 38.4. The van der Waals surface area contributed by atoms with E-state index in [0.29, 0.717) is 19.7 Å². The van der Waals surface area contributed by atoms with Crippen molar-refractivity contribution in [3.8, 4) is 0 Å². The minimum atomic E-state index is -0.596. The van der Waals surface area contributed by atoms with Gasteiger partial charge in [0, 0.05) is 27.3 Å². The number of methoxy groups -OCH3 is 2. The van der Waals surface area contributed by atoms with Crippen LogP contribution < -0.4 is 0 Å². The highest BCUT2D eigenvalue weighted by Crippen LogP contribution is 1.99. The van der Waals surface area contributed by atoms with Gasteiger partial charge in [-0.1, -0.05) is 0 Å². The standard InChI is InChI=1S/C15H28N2O7/c1-5-16(12-14(19)23-9-7-21-3)13(18)11-17(6-2)15(20)24-10-8-22-4/h5-12H2,1-4H3. The molecule has 0 aliphatic carbocycles. The number of likely N-dealkylation sites (N-methyl/N-ethyl adjacent to an activating group) is 2. The number of hydrogen-bond donors (Lipinski definition) is 0. The lowest BCUT2D eigenvalue weighted by Gasteiger charge is -2.25. The molecule has 0 aromatic carbocycles. The Hall–Kier alpha value is -1.87. The van der Waals surface area contributed by atoms with Gasteiger partial charge in [-0.2, -0.15) is 0 Å². The van der Waals surface area contributed by atoms with Crippen molar-refractivity contribution in [2.24, 2.45) is 0 Å². The summed E-state index contributed by atoms with van der Waals surface area (Å²) in [7, 11) is 3.00. The topological polar surface area (TPSA) is 94.6 Å². The molecule has 140 valence electrons. The predicted molar refractivity (Wildman–Crippen MR) is 85.6 cm³/mol. The van der Waals surface area contributed by atoms with Crippen LogP contribution in [0.4, 0.5) is 4.79 Å². The number of rotatable bonds is 12. The lowest BCUT2D eigenvalue weighted by molar-refractivity contribution is -0.150. The van der Waals surface area contributed by atoms with E-state index >= 15 is 0 Å². The molecular weight excluding hydrogens is 320 g/mol. The maximum Gasteiger partial charge on any atom is 0.410 e. The molecule has 0 bridgehead atoms. The van der Waals surface area contributed by atoms with Crippen LogP contribution in [0.1, 0.15) is 13.8 Å². The van der Waals surface area contributed by atoms with E-state index in [-0.39, 0.29) is 38.8 Å². The average Bonchev–Trinajstić information content (AvgIpc) is 2.57. The molecule has 9 heteroatoms. The fraction of sp³-hybridized carbons (Fsp3) is 0.800. The third kappa shape index (κ3) is 9.31. The van der Waals surface area contributed by atoms with Crippen molar-refractivity contribution in [3.05, 3.63) is 0 Å². The van der Waals surface area contributed by atoms with E-state index in [0.717, 1.165) is 0 Å². The van der Waals surface area contributed by atoms with Crippen molar-refractivity contribution in [1.29, 1.82) is 0 Å². The molecule has 0 aromatic rings. The molecule has 0 spiro atoms. The van der Waals surface area contributed by atoms with Crippen LogP contribution in [0, 0.1) is 0 Å². The minimum Gasteiger partial charge on any atom is -0.462 e. The number of carbonyl (C=O) groups excluding carboxylic acids is 3. The molecule has 0 atom stereocenters. The van der Waals surface area contributed by atoms with Crippen LogP contribution in [0.3, 0.4) is 0 Å². The lowest BCUT2D eigenvalue weighted by atomic mass is 10.4. The summed E-state index contributed by atoms with van der Waals surface area (Å²) in [6.45, 7) is 4.61. The van der Waals surface area contributed by atoms with E-state index in [1.807, 2.05) is 0 Å². The summed E-state index contributed by atoms with van der Waals surface area (Å²) in [6, 6.07) is 0. The summed E-state index contributed by atoms with van der Waals surface area (Å²) < 4.78 is 19.5. The van der Waals surface area contributed by atoms with Crippen molar-refractivity contribution in [3.63, 3.8) is 0 Å². The molecule has 0 radical (unpaired) electrons. The highest BCUT2D eigenvalue weighted by Gasteiger charge is 2.22. The molecule has 0 rings (SSSR count). The Bertz CT molecular complexity index is 390. The van der Waals surface area contributed by atoms with Gasteiger partial charge < -0.3 is 23.8 Å². The molecule has 0 unspecified atom stereocenters. The van der Waals surface area contributed by atoms with Crippen LogP contribution >= 0.6 is 0 Å². The molecule has 24 heavy (non-hydrogen) atoms. The van der Waals surface area contributed by atoms with Gasteiger partial charge in [-0.3, -0.25) is 14.5 Å². The second-order valence-corrected chi connectivity index (χ2v) is 4.74. The molecule has 9 nitrogen and oxygen atoms in total. The van der Waals surface area contributed by atoms with Crippen molar-refractivity contribution in [2.45, 2.75) is 13.8 Å². The highest BCUT2D eigenvalue weighted by atomic mass is 16.6. The Kier molecular flexibility index (Phi) is 12.5. The number of ether oxygens (including phenoxy) is 4. The SMILES string of the molecule is CCN(CC(=O)OCCOC)C(=O)CN(CC)C(=O)OCCOC. The number of nitrogens with zero attached hydrogens (tertiary/aromatic N) is 2. The van der Waals surface area contributed by atoms with Gasteiger partial charge >= 0.3 is 12.1 Å². The first-order chi connectivity index (χ1) is 11.5. The number of esters is 1. The fourth-order valence-corrected chi connectivity index (χ4v) is 1.69. The summed E-state index contributed by atoms with van der Waals surface area (Å²) >= 11 is 0. The molecule has 0 saturated carbocycles. The molecule has 0 aromatic heterocycles. The van der Waals surface area contributed by atoms with E-state index in [1.165, 1.54) is 24.0 Å². The first-order valence-electron chi connectivity index (χ1n) is 7.83. The normalized spacial score (nSPS) is 10.2. The van der Waals surface area contributed by atoms with Gasteiger partial charge in [-0.25, -0.2) is 4.79 Å². The second-order valence-electron chi connectivity index (χ2n) is 4.74. The molecule has 0 aliphatic rings. The van der Waals surface area contributed by atoms with Gasteiger partial charge in [0.15, 0.2) is 0 Å². The number of amides is 2. The largest absolute Gasteiger partial charge is 0.462 e. The maximum absolute atomic E-state index is 12.3.